The first kappa shape index (κ1) is 21.2. The topological polar surface area (TPSA) is 61.4 Å². The Bertz CT molecular complexity index is 856. The molecule has 5 nitrogen and oxygen atoms in total. The highest BCUT2D eigenvalue weighted by Gasteiger charge is 2.27. The highest BCUT2D eigenvalue weighted by molar-refractivity contribution is 6.33. The lowest BCUT2D eigenvalue weighted by atomic mass is 9.96. The van der Waals surface area contributed by atoms with Crippen molar-refractivity contribution in [2.75, 3.05) is 23.7 Å². The number of amides is 2. The minimum Gasteiger partial charge on any atom is -0.377 e. The number of anilines is 2. The van der Waals surface area contributed by atoms with Crippen LogP contribution in [-0.4, -0.2) is 29.8 Å². The lowest BCUT2D eigenvalue weighted by Gasteiger charge is -2.32. The minimum atomic E-state index is -0.186. The van der Waals surface area contributed by atoms with Crippen LogP contribution in [-0.2, 0) is 9.59 Å². The van der Waals surface area contributed by atoms with E-state index in [4.69, 9.17) is 11.6 Å². The number of hydrogen-bond donors (Lipinski definition) is 2. The molecule has 1 aliphatic rings. The van der Waals surface area contributed by atoms with E-state index in [0.29, 0.717) is 23.7 Å². The summed E-state index contributed by atoms with van der Waals surface area (Å²) in [7, 11) is 0. The van der Waals surface area contributed by atoms with Crippen molar-refractivity contribution < 1.29 is 9.59 Å². The van der Waals surface area contributed by atoms with Crippen LogP contribution < -0.4 is 10.6 Å². The van der Waals surface area contributed by atoms with E-state index >= 15 is 0 Å². The highest BCUT2D eigenvalue weighted by atomic mass is 35.5. The monoisotopic (exact) mass is 413 g/mol. The van der Waals surface area contributed by atoms with E-state index in [1.807, 2.05) is 37.3 Å². The van der Waals surface area contributed by atoms with Crippen LogP contribution in [0, 0.1) is 5.92 Å². The number of nitrogens with one attached hydrogen (secondary N) is 2. The average Bonchev–Trinajstić information content (AvgIpc) is 2.75. The van der Waals surface area contributed by atoms with E-state index < -0.39 is 0 Å². The molecule has 0 spiro atoms. The molecule has 3 rings (SSSR count). The summed E-state index contributed by atoms with van der Waals surface area (Å²) in [4.78, 5) is 26.4. The summed E-state index contributed by atoms with van der Waals surface area (Å²) in [5.41, 5.74) is 2.65. The molecule has 0 radical (unpaired) electrons. The van der Waals surface area contributed by atoms with Crippen LogP contribution in [0.1, 0.15) is 44.7 Å². The van der Waals surface area contributed by atoms with Gasteiger partial charge < -0.3 is 15.5 Å². The SMILES string of the molecule is CCC(=O)N1CCCC(C(=O)Nc2ccc(NC(C)c3ccccc3)c(Cl)c2)C1. The van der Waals surface area contributed by atoms with Crippen LogP contribution >= 0.6 is 11.6 Å². The second kappa shape index (κ2) is 9.79. The Labute approximate surface area is 177 Å². The Morgan fingerprint density at radius 1 is 1.21 bits per heavy atom. The van der Waals surface area contributed by atoms with Gasteiger partial charge in [-0.25, -0.2) is 0 Å². The molecule has 0 aliphatic carbocycles. The first-order valence-electron chi connectivity index (χ1n) is 10.2. The Kier molecular flexibility index (Phi) is 7.15. The number of nitrogens with zero attached hydrogens (tertiary/aromatic N) is 1. The molecular weight excluding hydrogens is 386 g/mol. The van der Waals surface area contributed by atoms with Crippen molar-refractivity contribution in [1.29, 1.82) is 0 Å². The maximum atomic E-state index is 12.7. The molecule has 1 aliphatic heterocycles. The first-order valence-corrected chi connectivity index (χ1v) is 10.6. The molecule has 2 amide bonds. The lowest BCUT2D eigenvalue weighted by Crippen LogP contribution is -2.43. The van der Waals surface area contributed by atoms with E-state index in [1.165, 1.54) is 5.56 Å². The van der Waals surface area contributed by atoms with Crippen LogP contribution in [0.2, 0.25) is 5.02 Å². The molecule has 1 heterocycles. The predicted octanol–water partition coefficient (Wildman–Crippen LogP) is 5.10. The van der Waals surface area contributed by atoms with E-state index in [-0.39, 0.29) is 23.8 Å². The summed E-state index contributed by atoms with van der Waals surface area (Å²) < 4.78 is 0. The van der Waals surface area contributed by atoms with Crippen molar-refractivity contribution in [3.63, 3.8) is 0 Å². The molecule has 1 saturated heterocycles. The molecule has 0 saturated carbocycles. The van der Waals surface area contributed by atoms with Gasteiger partial charge in [0, 0.05) is 31.2 Å². The Morgan fingerprint density at radius 3 is 2.66 bits per heavy atom. The largest absolute Gasteiger partial charge is 0.377 e. The van der Waals surface area contributed by atoms with Gasteiger partial charge in [-0.05, 0) is 43.5 Å². The number of carbonyl (C=O) groups is 2. The molecule has 29 heavy (non-hydrogen) atoms. The van der Waals surface area contributed by atoms with Gasteiger partial charge in [-0.1, -0.05) is 48.9 Å². The summed E-state index contributed by atoms with van der Waals surface area (Å²) in [6.07, 6.45) is 2.12. The van der Waals surface area contributed by atoms with Gasteiger partial charge in [0.2, 0.25) is 11.8 Å². The molecule has 1 fully saturated rings. The van der Waals surface area contributed by atoms with Gasteiger partial charge in [-0.15, -0.1) is 0 Å². The van der Waals surface area contributed by atoms with E-state index in [9.17, 15) is 9.59 Å². The molecule has 2 atom stereocenters. The van der Waals surface area contributed by atoms with Crippen molar-refractivity contribution in [1.82, 2.24) is 4.90 Å². The normalized spacial score (nSPS) is 17.5. The number of carbonyl (C=O) groups excluding carboxylic acids is 2. The van der Waals surface area contributed by atoms with Crippen LogP contribution in [0.5, 0.6) is 0 Å². The summed E-state index contributed by atoms with van der Waals surface area (Å²) >= 11 is 6.45. The highest BCUT2D eigenvalue weighted by Crippen LogP contribution is 2.29. The predicted molar refractivity (Wildman–Crippen MR) is 118 cm³/mol. The fraction of sp³-hybridized carbons (Fsp3) is 0.391. The van der Waals surface area contributed by atoms with Gasteiger partial charge in [-0.2, -0.15) is 0 Å². The molecule has 6 heteroatoms. The van der Waals surface area contributed by atoms with Crippen LogP contribution in [0.3, 0.4) is 0 Å². The molecule has 2 aromatic rings. The van der Waals surface area contributed by atoms with E-state index in [1.54, 1.807) is 11.0 Å². The van der Waals surface area contributed by atoms with Gasteiger partial charge in [0.15, 0.2) is 0 Å². The third-order valence-corrected chi connectivity index (χ3v) is 5.67. The Hall–Kier alpha value is -2.53. The Morgan fingerprint density at radius 2 is 1.97 bits per heavy atom. The fourth-order valence-corrected chi connectivity index (χ4v) is 3.89. The smallest absolute Gasteiger partial charge is 0.229 e. The van der Waals surface area contributed by atoms with Gasteiger partial charge in [-0.3, -0.25) is 9.59 Å². The van der Waals surface area contributed by atoms with Gasteiger partial charge >= 0.3 is 0 Å². The number of hydrogen-bond acceptors (Lipinski definition) is 3. The second-order valence-electron chi connectivity index (χ2n) is 7.49. The second-order valence-corrected chi connectivity index (χ2v) is 7.90. The van der Waals surface area contributed by atoms with Crippen LogP contribution in [0.15, 0.2) is 48.5 Å². The Balaban J connectivity index is 1.61. The quantitative estimate of drug-likeness (QED) is 0.692. The molecule has 0 bridgehead atoms. The zero-order chi connectivity index (χ0) is 20.8. The van der Waals surface area contributed by atoms with Crippen molar-refractivity contribution in [3.8, 4) is 0 Å². The standard InChI is InChI=1S/C23H28ClN3O2/c1-3-22(28)27-13-7-10-18(15-27)23(29)26-19-11-12-21(20(24)14-19)25-16(2)17-8-5-4-6-9-17/h4-6,8-9,11-12,14,16,18,25H,3,7,10,13,15H2,1-2H3,(H,26,29). The first-order chi connectivity index (χ1) is 14.0. The third kappa shape index (κ3) is 5.51. The number of benzene rings is 2. The maximum absolute atomic E-state index is 12.7. The summed E-state index contributed by atoms with van der Waals surface area (Å²) in [5.74, 6) is -0.143. The zero-order valence-electron chi connectivity index (χ0n) is 17.0. The fourth-order valence-electron chi connectivity index (χ4n) is 3.65. The van der Waals surface area contributed by atoms with Crippen LogP contribution in [0.25, 0.3) is 0 Å². The number of halogens is 1. The molecule has 0 aromatic heterocycles. The van der Waals surface area contributed by atoms with Crippen LogP contribution in [0.4, 0.5) is 11.4 Å². The molecule has 2 unspecified atom stereocenters. The van der Waals surface area contributed by atoms with E-state index in [2.05, 4.69) is 29.7 Å². The molecule has 154 valence electrons. The summed E-state index contributed by atoms with van der Waals surface area (Å²) in [5, 5.41) is 6.91. The van der Waals surface area contributed by atoms with Crippen molar-refractivity contribution in [3.05, 3.63) is 59.1 Å². The van der Waals surface area contributed by atoms with Crippen molar-refractivity contribution in [2.24, 2.45) is 5.92 Å². The van der Waals surface area contributed by atoms with E-state index in [0.717, 1.165) is 25.1 Å². The van der Waals surface area contributed by atoms with Gasteiger partial charge in [0.05, 0.1) is 16.6 Å². The summed E-state index contributed by atoms with van der Waals surface area (Å²) in [6.45, 7) is 5.15. The van der Waals surface area contributed by atoms with Crippen molar-refractivity contribution >= 4 is 34.8 Å². The van der Waals surface area contributed by atoms with Gasteiger partial charge in [0.25, 0.3) is 0 Å². The number of likely N-dealkylation sites (tertiary alicyclic amines) is 1. The summed E-state index contributed by atoms with van der Waals surface area (Å²) in [6, 6.07) is 15.7. The number of piperidine rings is 1. The number of rotatable bonds is 6. The van der Waals surface area contributed by atoms with Gasteiger partial charge in [0.1, 0.15) is 0 Å². The lowest BCUT2D eigenvalue weighted by molar-refractivity contribution is -0.134. The zero-order valence-corrected chi connectivity index (χ0v) is 17.7. The van der Waals surface area contributed by atoms with Crippen molar-refractivity contribution in [2.45, 2.75) is 39.2 Å². The molecule has 2 N–H and O–H groups in total. The minimum absolute atomic E-state index is 0.0620. The average molecular weight is 414 g/mol. The third-order valence-electron chi connectivity index (χ3n) is 5.36. The molecular formula is C23H28ClN3O2. The molecule has 2 aromatic carbocycles. The maximum Gasteiger partial charge on any atom is 0.229 e.